The van der Waals surface area contributed by atoms with Crippen molar-refractivity contribution in [2.24, 2.45) is 5.41 Å². The fourth-order valence-electron chi connectivity index (χ4n) is 9.64. The van der Waals surface area contributed by atoms with E-state index in [9.17, 15) is 9.59 Å². The number of ketones is 2. The SMILES string of the molecule is C.COc1cc2c(Oc3ccc(CC(=O)Cc4cc(C)on4)c(Cl)c3)ncnc2cc1OCCCN1CCC2(CC1)COC2.COc1cc2c(Oc3ccc(CC(=O)Cc4cc(C)on4)c(Cl)c3)ncnc2cc1OCCCOC1COC1. The van der Waals surface area contributed by atoms with E-state index in [1.807, 2.05) is 12.1 Å². The molecule has 7 heterocycles. The normalized spacial score (nSPS) is 14.7. The average Bonchev–Trinajstić information content (AvgIpc) is 4.24. The molecule has 22 heteroatoms. The van der Waals surface area contributed by atoms with Crippen LogP contribution >= 0.6 is 23.2 Å². The van der Waals surface area contributed by atoms with Gasteiger partial charge in [-0.25, -0.2) is 19.9 Å². The Balaban J connectivity index is 0.000000198. The summed E-state index contributed by atoms with van der Waals surface area (Å²) in [6.45, 7) is 11.6. The van der Waals surface area contributed by atoms with Gasteiger partial charge in [0, 0.05) is 65.5 Å². The molecule has 4 aromatic carbocycles. The van der Waals surface area contributed by atoms with Crippen LogP contribution in [0.15, 0.2) is 94.5 Å². The van der Waals surface area contributed by atoms with E-state index in [4.69, 9.17) is 74.9 Å². The summed E-state index contributed by atoms with van der Waals surface area (Å²) < 4.78 is 61.7. The van der Waals surface area contributed by atoms with Crippen LogP contribution in [0.3, 0.4) is 0 Å². The molecule has 0 saturated carbocycles. The minimum atomic E-state index is -0.0220. The molecule has 3 saturated heterocycles. The first-order valence-corrected chi connectivity index (χ1v) is 27.8. The number of likely N-dealkylation sites (tertiary alicyclic amines) is 1. The van der Waals surface area contributed by atoms with Gasteiger partial charge in [0.25, 0.3) is 0 Å². The van der Waals surface area contributed by atoms with E-state index in [0.717, 1.165) is 45.7 Å². The van der Waals surface area contributed by atoms with Crippen LogP contribution < -0.4 is 28.4 Å². The van der Waals surface area contributed by atoms with Crippen LogP contribution in [0, 0.1) is 19.3 Å². The smallest absolute Gasteiger partial charge is 0.230 e. The number of nitrogens with zero attached hydrogens (tertiary/aromatic N) is 7. The van der Waals surface area contributed by atoms with Gasteiger partial charge in [-0.1, -0.05) is 53.1 Å². The molecule has 438 valence electrons. The van der Waals surface area contributed by atoms with Crippen molar-refractivity contribution < 1.29 is 61.3 Å². The van der Waals surface area contributed by atoms with Crippen LogP contribution in [0.25, 0.3) is 21.8 Å². The summed E-state index contributed by atoms with van der Waals surface area (Å²) >= 11 is 13.0. The lowest BCUT2D eigenvalue weighted by molar-refractivity contribution is -0.139. The van der Waals surface area contributed by atoms with Crippen molar-refractivity contribution >= 4 is 56.6 Å². The van der Waals surface area contributed by atoms with Crippen molar-refractivity contribution in [3.05, 3.63) is 130 Å². The number of aryl methyl sites for hydroxylation is 2. The monoisotopic (exact) mass is 1180 g/mol. The number of piperidine rings is 1. The maximum absolute atomic E-state index is 12.5. The highest BCUT2D eigenvalue weighted by Gasteiger charge is 2.41. The van der Waals surface area contributed by atoms with Gasteiger partial charge < -0.3 is 56.6 Å². The molecule has 0 atom stereocenters. The Labute approximate surface area is 490 Å². The van der Waals surface area contributed by atoms with E-state index < -0.39 is 0 Å². The third-order valence-electron chi connectivity index (χ3n) is 14.2. The summed E-state index contributed by atoms with van der Waals surface area (Å²) in [5.74, 6) is 5.25. The van der Waals surface area contributed by atoms with E-state index in [1.54, 1.807) is 88.7 Å². The Bertz CT molecular complexity index is 3510. The highest BCUT2D eigenvalue weighted by molar-refractivity contribution is 6.32. The van der Waals surface area contributed by atoms with Crippen LogP contribution in [-0.4, -0.2) is 133 Å². The number of aromatic nitrogens is 6. The van der Waals surface area contributed by atoms with Gasteiger partial charge in [-0.2, -0.15) is 0 Å². The predicted molar refractivity (Wildman–Crippen MR) is 309 cm³/mol. The van der Waals surface area contributed by atoms with E-state index in [0.29, 0.717) is 151 Å². The zero-order valence-corrected chi connectivity index (χ0v) is 47.6. The standard InChI is InChI=1S/C32H35ClN4O6.C28H28ClN3O7.CH4/c1-21-12-23(36-43-21)14-24(38)13-22-4-5-25(15-27(22)33)42-31-26-16-29(39-2)30(17-28(26)34-20-35-31)41-11-3-8-37-9-6-32(7-10-37)18-40-19-32;1-17-8-19(32-39-17)10-20(33)9-18-4-5-21(11-24(18)29)38-28-23-12-26(34-2)27(13-25(23)30-16-31-28)37-7-3-6-36-22-14-35-15-22;/h4-5,12,15-17,20H,3,6-11,13-14,18-19H2,1-2H3;4-5,8,11-13,16,22H,3,6-7,9-10,14-15H2,1-2H3;1H4. The van der Waals surface area contributed by atoms with E-state index in [1.165, 1.54) is 25.5 Å². The van der Waals surface area contributed by atoms with Crippen LogP contribution in [0.5, 0.6) is 46.3 Å². The fourth-order valence-corrected chi connectivity index (χ4v) is 10.1. The van der Waals surface area contributed by atoms with Gasteiger partial charge in [-0.3, -0.25) is 9.59 Å². The Hall–Kier alpha value is -7.46. The van der Waals surface area contributed by atoms with Crippen molar-refractivity contribution in [2.45, 2.75) is 78.7 Å². The largest absolute Gasteiger partial charge is 0.493 e. The molecule has 8 aromatic rings. The van der Waals surface area contributed by atoms with E-state index in [2.05, 4.69) is 35.1 Å². The molecular weight excluding hydrogens is 1110 g/mol. The fraction of sp³-hybridized carbons (Fsp3) is 0.410. The number of hydrogen-bond donors (Lipinski definition) is 0. The maximum atomic E-state index is 12.5. The van der Waals surface area contributed by atoms with Crippen molar-refractivity contribution in [1.29, 1.82) is 0 Å². The third-order valence-corrected chi connectivity index (χ3v) is 15.0. The Morgan fingerprint density at radius 2 is 1.12 bits per heavy atom. The number of fused-ring (bicyclic) bond motifs is 2. The van der Waals surface area contributed by atoms with Crippen LogP contribution in [0.1, 0.15) is 67.1 Å². The molecule has 3 fully saturated rings. The molecule has 0 aliphatic carbocycles. The number of rotatable bonds is 25. The lowest BCUT2D eigenvalue weighted by Gasteiger charge is -2.47. The lowest BCUT2D eigenvalue weighted by Crippen LogP contribution is -2.51. The molecule has 3 aliphatic rings. The summed E-state index contributed by atoms with van der Waals surface area (Å²) in [6.07, 6.45) is 7.86. The van der Waals surface area contributed by atoms with Crippen LogP contribution in [0.4, 0.5) is 0 Å². The predicted octanol–water partition coefficient (Wildman–Crippen LogP) is 11.2. The van der Waals surface area contributed by atoms with Crippen molar-refractivity contribution in [3.8, 4) is 46.3 Å². The van der Waals surface area contributed by atoms with Gasteiger partial charge in [-0.15, -0.1) is 0 Å². The zero-order chi connectivity index (χ0) is 57.0. The Morgan fingerprint density at radius 1 is 0.614 bits per heavy atom. The number of Topliss-reactive ketones (excluding diaryl/α,β-unsaturated/α-hetero) is 2. The molecule has 11 rings (SSSR count). The van der Waals surface area contributed by atoms with Crippen molar-refractivity contribution in [3.63, 3.8) is 0 Å². The van der Waals surface area contributed by atoms with Gasteiger partial charge in [0.2, 0.25) is 11.8 Å². The molecule has 4 aromatic heterocycles. The van der Waals surface area contributed by atoms with E-state index >= 15 is 0 Å². The second-order valence-corrected chi connectivity index (χ2v) is 21.3. The molecule has 0 bridgehead atoms. The van der Waals surface area contributed by atoms with Crippen molar-refractivity contribution in [1.82, 2.24) is 35.1 Å². The van der Waals surface area contributed by atoms with Gasteiger partial charge >= 0.3 is 0 Å². The molecule has 0 radical (unpaired) electrons. The summed E-state index contributed by atoms with van der Waals surface area (Å²) in [5.41, 5.74) is 4.35. The maximum Gasteiger partial charge on any atom is 0.230 e. The summed E-state index contributed by atoms with van der Waals surface area (Å²) in [6, 6.07) is 21.1. The number of carbonyl (C=O) groups is 2. The molecular formula is C61H67Cl2N7O13. The van der Waals surface area contributed by atoms with Gasteiger partial charge in [0.15, 0.2) is 23.0 Å². The highest BCUT2D eigenvalue weighted by Crippen LogP contribution is 2.40. The van der Waals surface area contributed by atoms with Crippen molar-refractivity contribution in [2.75, 3.05) is 80.1 Å². The van der Waals surface area contributed by atoms with E-state index in [-0.39, 0.29) is 50.8 Å². The average molecular weight is 1180 g/mol. The summed E-state index contributed by atoms with van der Waals surface area (Å²) in [5, 5.41) is 9.91. The molecule has 0 amide bonds. The minimum absolute atomic E-state index is 0. The lowest BCUT2D eigenvalue weighted by atomic mass is 9.77. The van der Waals surface area contributed by atoms with Crippen LogP contribution in [-0.2, 0) is 49.5 Å². The molecule has 0 unspecified atom stereocenters. The third kappa shape index (κ3) is 15.8. The zero-order valence-electron chi connectivity index (χ0n) is 46.1. The highest BCUT2D eigenvalue weighted by atomic mass is 35.5. The summed E-state index contributed by atoms with van der Waals surface area (Å²) in [7, 11) is 3.18. The first-order chi connectivity index (χ1) is 39.9. The van der Waals surface area contributed by atoms with Gasteiger partial charge in [0.05, 0.1) is 107 Å². The first-order valence-electron chi connectivity index (χ1n) is 27.1. The summed E-state index contributed by atoms with van der Waals surface area (Å²) in [4.78, 5) is 45.0. The Kier molecular flexibility index (Phi) is 20.4. The quantitative estimate of drug-likeness (QED) is 0.0485. The number of hydrogen-bond acceptors (Lipinski definition) is 20. The molecule has 0 N–H and O–H groups in total. The second kappa shape index (κ2) is 28.2. The topological polar surface area (TPSA) is 224 Å². The number of methoxy groups -OCH3 is 2. The number of carbonyl (C=O) groups excluding carboxylic acids is 2. The molecule has 83 heavy (non-hydrogen) atoms. The minimum Gasteiger partial charge on any atom is -0.493 e. The number of benzene rings is 4. The molecule has 3 aliphatic heterocycles. The number of ether oxygens (including phenoxy) is 9. The number of halogens is 2. The molecule has 1 spiro atoms. The van der Waals surface area contributed by atoms with Crippen LogP contribution in [0.2, 0.25) is 10.0 Å². The first kappa shape index (κ1) is 60.1. The van der Waals surface area contributed by atoms with Gasteiger partial charge in [-0.05, 0) is 93.7 Å². The molecule has 20 nitrogen and oxygen atoms in total. The Morgan fingerprint density at radius 3 is 1.54 bits per heavy atom. The second-order valence-electron chi connectivity index (χ2n) is 20.5. The van der Waals surface area contributed by atoms with Gasteiger partial charge in [0.1, 0.15) is 53.3 Å².